The summed E-state index contributed by atoms with van der Waals surface area (Å²) < 4.78 is 19.1. The number of aryl methyl sites for hydroxylation is 1. The summed E-state index contributed by atoms with van der Waals surface area (Å²) in [5.41, 5.74) is 4.94. The van der Waals surface area contributed by atoms with Gasteiger partial charge in [-0.1, -0.05) is 0 Å². The summed E-state index contributed by atoms with van der Waals surface area (Å²) in [6.45, 7) is 2.43. The first-order chi connectivity index (χ1) is 17.5. The fourth-order valence-electron chi connectivity index (χ4n) is 4.74. The first-order valence-corrected chi connectivity index (χ1v) is 12.0. The van der Waals surface area contributed by atoms with Gasteiger partial charge in [-0.15, -0.1) is 12.4 Å². The van der Waals surface area contributed by atoms with Gasteiger partial charge in [-0.25, -0.2) is 4.98 Å². The van der Waals surface area contributed by atoms with Crippen LogP contribution >= 0.6 is 12.4 Å². The van der Waals surface area contributed by atoms with Gasteiger partial charge in [0.15, 0.2) is 0 Å². The summed E-state index contributed by atoms with van der Waals surface area (Å²) in [5.74, 6) is 1.45. The molecule has 0 saturated carbocycles. The molecule has 5 rings (SSSR count). The molecule has 4 aromatic rings. The number of fused-ring (bicyclic) bond motifs is 1. The maximum Gasteiger partial charge on any atom is 0.124 e. The van der Waals surface area contributed by atoms with E-state index in [2.05, 4.69) is 32.4 Å². The van der Waals surface area contributed by atoms with Crippen molar-refractivity contribution in [3.05, 3.63) is 55.0 Å². The third kappa shape index (κ3) is 5.64. The SMILES string of the molecule is COc1cc(OC)cc(N(CC2(OC)CCCNC2)c2ccc3ncc(-c4cnn(C)c4)nc3c2)c1.Cl. The highest BCUT2D eigenvalue weighted by atomic mass is 35.5. The van der Waals surface area contributed by atoms with E-state index < -0.39 is 0 Å². The molecule has 10 heteroatoms. The van der Waals surface area contributed by atoms with Crippen LogP contribution in [0.3, 0.4) is 0 Å². The fourth-order valence-corrected chi connectivity index (χ4v) is 4.74. The predicted molar refractivity (Wildman–Crippen MR) is 147 cm³/mol. The summed E-state index contributed by atoms with van der Waals surface area (Å²) in [7, 11) is 7.01. The topological polar surface area (TPSA) is 86.6 Å². The zero-order valence-electron chi connectivity index (χ0n) is 21.6. The van der Waals surface area contributed by atoms with Crippen molar-refractivity contribution in [2.45, 2.75) is 18.4 Å². The quantitative estimate of drug-likeness (QED) is 0.363. The number of halogens is 1. The Morgan fingerprint density at radius 1 is 1.00 bits per heavy atom. The number of benzene rings is 2. The van der Waals surface area contributed by atoms with Gasteiger partial charge in [0, 0.05) is 62.0 Å². The minimum Gasteiger partial charge on any atom is -0.497 e. The number of nitrogens with one attached hydrogen (secondary N) is 1. The molecular weight excluding hydrogens is 492 g/mol. The fraction of sp³-hybridized carbons (Fsp3) is 0.370. The molecule has 3 heterocycles. The normalized spacial score (nSPS) is 17.3. The Kier molecular flexibility index (Phi) is 8.16. The van der Waals surface area contributed by atoms with Gasteiger partial charge in [-0.3, -0.25) is 9.67 Å². The van der Waals surface area contributed by atoms with Gasteiger partial charge in [0.1, 0.15) is 11.5 Å². The molecule has 1 aliphatic rings. The lowest BCUT2D eigenvalue weighted by atomic mass is 9.92. The smallest absolute Gasteiger partial charge is 0.124 e. The molecule has 0 amide bonds. The minimum absolute atomic E-state index is 0. The average molecular weight is 525 g/mol. The van der Waals surface area contributed by atoms with Crippen LogP contribution in [0, 0.1) is 0 Å². The Hall–Kier alpha value is -3.40. The van der Waals surface area contributed by atoms with E-state index in [-0.39, 0.29) is 18.0 Å². The maximum atomic E-state index is 6.13. The molecule has 0 radical (unpaired) electrons. The van der Waals surface area contributed by atoms with Crippen LogP contribution in [0.2, 0.25) is 0 Å². The van der Waals surface area contributed by atoms with Gasteiger partial charge in [0.25, 0.3) is 0 Å². The molecule has 2 aromatic heterocycles. The van der Waals surface area contributed by atoms with Crippen LogP contribution in [0.5, 0.6) is 11.5 Å². The van der Waals surface area contributed by atoms with Crippen LogP contribution in [0.15, 0.2) is 55.0 Å². The van der Waals surface area contributed by atoms with Crippen molar-refractivity contribution in [3.8, 4) is 22.8 Å². The van der Waals surface area contributed by atoms with E-state index in [0.717, 1.165) is 71.1 Å². The summed E-state index contributed by atoms with van der Waals surface area (Å²) >= 11 is 0. The van der Waals surface area contributed by atoms with Crippen LogP contribution in [0.25, 0.3) is 22.3 Å². The third-order valence-corrected chi connectivity index (χ3v) is 6.80. The number of piperidine rings is 1. The Morgan fingerprint density at radius 2 is 1.78 bits per heavy atom. The molecule has 0 bridgehead atoms. The summed E-state index contributed by atoms with van der Waals surface area (Å²) in [5, 5.41) is 7.78. The van der Waals surface area contributed by atoms with E-state index in [4.69, 9.17) is 19.2 Å². The largest absolute Gasteiger partial charge is 0.497 e. The maximum absolute atomic E-state index is 6.13. The molecular formula is C27H33ClN6O3. The molecule has 196 valence electrons. The number of hydrogen-bond acceptors (Lipinski definition) is 8. The number of hydrogen-bond donors (Lipinski definition) is 1. The van der Waals surface area contributed by atoms with Gasteiger partial charge in [-0.2, -0.15) is 5.10 Å². The molecule has 9 nitrogen and oxygen atoms in total. The Balaban J connectivity index is 0.00000320. The molecule has 37 heavy (non-hydrogen) atoms. The molecule has 0 aliphatic carbocycles. The monoisotopic (exact) mass is 524 g/mol. The van der Waals surface area contributed by atoms with Crippen LogP contribution in [-0.4, -0.2) is 66.3 Å². The van der Waals surface area contributed by atoms with Gasteiger partial charge in [0.2, 0.25) is 0 Å². The van der Waals surface area contributed by atoms with Crippen molar-refractivity contribution in [1.82, 2.24) is 25.1 Å². The molecule has 1 aliphatic heterocycles. The molecule has 1 unspecified atom stereocenters. The van der Waals surface area contributed by atoms with E-state index in [1.807, 2.05) is 37.5 Å². The molecule has 0 spiro atoms. The first-order valence-electron chi connectivity index (χ1n) is 12.0. The number of aromatic nitrogens is 4. The molecule has 1 atom stereocenters. The second-order valence-corrected chi connectivity index (χ2v) is 9.16. The molecule has 1 N–H and O–H groups in total. The van der Waals surface area contributed by atoms with E-state index in [1.54, 1.807) is 38.4 Å². The van der Waals surface area contributed by atoms with Crippen LogP contribution in [-0.2, 0) is 11.8 Å². The number of nitrogens with zero attached hydrogens (tertiary/aromatic N) is 5. The van der Waals surface area contributed by atoms with E-state index in [0.29, 0.717) is 6.54 Å². The summed E-state index contributed by atoms with van der Waals surface area (Å²) in [6, 6.07) is 12.1. The van der Waals surface area contributed by atoms with Crippen LogP contribution in [0.4, 0.5) is 11.4 Å². The summed E-state index contributed by atoms with van der Waals surface area (Å²) in [4.78, 5) is 11.8. The number of rotatable bonds is 8. The highest BCUT2D eigenvalue weighted by molar-refractivity contribution is 5.85. The predicted octanol–water partition coefficient (Wildman–Crippen LogP) is 4.38. The Labute approximate surface area is 223 Å². The highest BCUT2D eigenvalue weighted by Gasteiger charge is 2.35. The van der Waals surface area contributed by atoms with E-state index in [1.165, 1.54) is 0 Å². The average Bonchev–Trinajstić information content (AvgIpc) is 3.37. The number of anilines is 2. The zero-order valence-corrected chi connectivity index (χ0v) is 22.4. The van der Waals surface area contributed by atoms with Crippen molar-refractivity contribution in [1.29, 1.82) is 0 Å². The molecule has 1 fully saturated rings. The molecule has 1 saturated heterocycles. The van der Waals surface area contributed by atoms with Gasteiger partial charge in [0.05, 0.1) is 55.5 Å². The van der Waals surface area contributed by atoms with E-state index in [9.17, 15) is 0 Å². The van der Waals surface area contributed by atoms with Gasteiger partial charge >= 0.3 is 0 Å². The van der Waals surface area contributed by atoms with Crippen molar-refractivity contribution in [2.75, 3.05) is 45.9 Å². The highest BCUT2D eigenvalue weighted by Crippen LogP contribution is 2.36. The molecule has 2 aromatic carbocycles. The number of ether oxygens (including phenoxy) is 3. The lowest BCUT2D eigenvalue weighted by Gasteiger charge is -2.41. The number of methoxy groups -OCH3 is 3. The standard InChI is InChI=1S/C27H32N6O3.ClH/c1-32-16-19(14-30-32)26-15-29-24-7-6-20(12-25(24)31-26)33(18-27(36-4)8-5-9-28-17-27)21-10-22(34-2)13-23(11-21)35-3;/h6-7,10-16,28H,5,8-9,17-18H2,1-4H3;1H. The van der Waals surface area contributed by atoms with Crippen molar-refractivity contribution < 1.29 is 14.2 Å². The van der Waals surface area contributed by atoms with Crippen LogP contribution < -0.4 is 19.7 Å². The second kappa shape index (κ2) is 11.3. The lowest BCUT2D eigenvalue weighted by Crippen LogP contribution is -2.53. The first kappa shape index (κ1) is 26.7. The lowest BCUT2D eigenvalue weighted by molar-refractivity contribution is -0.0203. The van der Waals surface area contributed by atoms with Crippen molar-refractivity contribution in [2.24, 2.45) is 7.05 Å². The Bertz CT molecular complexity index is 1330. The van der Waals surface area contributed by atoms with Crippen molar-refractivity contribution in [3.63, 3.8) is 0 Å². The zero-order chi connectivity index (χ0) is 25.1. The third-order valence-electron chi connectivity index (χ3n) is 6.80. The van der Waals surface area contributed by atoms with E-state index >= 15 is 0 Å². The van der Waals surface area contributed by atoms with Crippen molar-refractivity contribution >= 4 is 34.8 Å². The van der Waals surface area contributed by atoms with Crippen LogP contribution in [0.1, 0.15) is 12.8 Å². The second-order valence-electron chi connectivity index (χ2n) is 9.16. The summed E-state index contributed by atoms with van der Waals surface area (Å²) in [6.07, 6.45) is 7.55. The van der Waals surface area contributed by atoms with Gasteiger partial charge < -0.3 is 24.4 Å². The minimum atomic E-state index is -0.341. The van der Waals surface area contributed by atoms with Gasteiger partial charge in [-0.05, 0) is 37.6 Å². The Morgan fingerprint density at radius 3 is 2.41 bits per heavy atom.